The number of carbonyl (C=O) groups excluding carboxylic acids is 1. The Balaban J connectivity index is 1.84. The van der Waals surface area contributed by atoms with Gasteiger partial charge in [-0.2, -0.15) is 11.8 Å². The average Bonchev–Trinajstić information content (AvgIpc) is 2.28. The molecule has 2 heterocycles. The normalized spacial score (nSPS) is 27.6. The van der Waals surface area contributed by atoms with Gasteiger partial charge >= 0.3 is 0 Å². The van der Waals surface area contributed by atoms with Crippen molar-refractivity contribution in [2.24, 2.45) is 11.8 Å². The predicted octanol–water partition coefficient (Wildman–Crippen LogP) is 3.68. The molecule has 3 heteroatoms. The monoisotopic (exact) mass is 270 g/mol. The Hall–Kier alpha value is -0.0200. The maximum Gasteiger partial charge on any atom is 0.133 e. The Bertz CT molecular complexity index is 277. The lowest BCUT2D eigenvalue weighted by molar-refractivity contribution is -0.126. The average molecular weight is 270 g/mol. The molecule has 0 aromatic carbocycles. The van der Waals surface area contributed by atoms with Crippen LogP contribution >= 0.6 is 11.8 Å². The second kappa shape index (κ2) is 6.42. The van der Waals surface area contributed by atoms with Crippen molar-refractivity contribution in [2.45, 2.75) is 58.0 Å². The van der Waals surface area contributed by atoms with Gasteiger partial charge in [0.15, 0.2) is 0 Å². The summed E-state index contributed by atoms with van der Waals surface area (Å²) in [5.41, 5.74) is 0.131. The van der Waals surface area contributed by atoms with Crippen LogP contribution in [0, 0.1) is 11.8 Å². The van der Waals surface area contributed by atoms with Gasteiger partial charge in [0.25, 0.3) is 0 Å². The van der Waals surface area contributed by atoms with E-state index >= 15 is 0 Å². The molecule has 2 rings (SSSR count). The van der Waals surface area contributed by atoms with Gasteiger partial charge in [0, 0.05) is 19.4 Å². The van der Waals surface area contributed by atoms with Crippen LogP contribution in [-0.2, 0) is 9.53 Å². The highest BCUT2D eigenvalue weighted by Crippen LogP contribution is 2.40. The molecule has 0 N–H and O–H groups in total. The van der Waals surface area contributed by atoms with Crippen LogP contribution in [-0.4, -0.2) is 29.5 Å². The van der Waals surface area contributed by atoms with Gasteiger partial charge in [-0.05, 0) is 49.0 Å². The van der Waals surface area contributed by atoms with Crippen LogP contribution < -0.4 is 0 Å². The zero-order valence-corrected chi connectivity index (χ0v) is 12.6. The van der Waals surface area contributed by atoms with Crippen LogP contribution in [0.15, 0.2) is 0 Å². The smallest absolute Gasteiger partial charge is 0.133 e. The van der Waals surface area contributed by atoms with Gasteiger partial charge in [-0.15, -0.1) is 0 Å². The fourth-order valence-electron chi connectivity index (χ4n) is 3.26. The largest absolute Gasteiger partial charge is 0.375 e. The molecule has 1 unspecified atom stereocenters. The second-order valence-corrected chi connectivity index (χ2v) is 7.57. The van der Waals surface area contributed by atoms with E-state index in [4.69, 9.17) is 4.74 Å². The third-order valence-corrected chi connectivity index (χ3v) is 5.14. The molecular weight excluding hydrogens is 244 g/mol. The molecule has 2 aliphatic rings. The number of ether oxygens (including phenoxy) is 1. The van der Waals surface area contributed by atoms with Gasteiger partial charge in [-0.25, -0.2) is 0 Å². The minimum atomic E-state index is 0.131. The summed E-state index contributed by atoms with van der Waals surface area (Å²) in [6.07, 6.45) is 6.12. The first-order valence-electron chi connectivity index (χ1n) is 7.33. The van der Waals surface area contributed by atoms with Gasteiger partial charge in [-0.1, -0.05) is 13.8 Å². The van der Waals surface area contributed by atoms with Gasteiger partial charge in [0.1, 0.15) is 5.78 Å². The van der Waals surface area contributed by atoms with E-state index in [1.807, 2.05) is 11.8 Å². The summed E-state index contributed by atoms with van der Waals surface area (Å²) < 4.78 is 6.07. The predicted molar refractivity (Wildman–Crippen MR) is 77.0 cm³/mol. The van der Waals surface area contributed by atoms with Gasteiger partial charge in [0.2, 0.25) is 0 Å². The van der Waals surface area contributed by atoms with Crippen LogP contribution in [0.25, 0.3) is 0 Å². The number of carbonyl (C=O) groups is 1. The summed E-state index contributed by atoms with van der Waals surface area (Å²) in [5.74, 6) is 3.99. The number of rotatable bonds is 4. The lowest BCUT2D eigenvalue weighted by Crippen LogP contribution is -2.43. The highest BCUT2D eigenvalue weighted by Gasteiger charge is 2.39. The van der Waals surface area contributed by atoms with E-state index in [0.717, 1.165) is 32.3 Å². The number of hydrogen-bond acceptors (Lipinski definition) is 3. The lowest BCUT2D eigenvalue weighted by atomic mass is 9.79. The third kappa shape index (κ3) is 3.99. The molecule has 0 aromatic rings. The molecule has 2 fully saturated rings. The highest BCUT2D eigenvalue weighted by molar-refractivity contribution is 7.99. The Morgan fingerprint density at radius 2 is 2.11 bits per heavy atom. The lowest BCUT2D eigenvalue weighted by Gasteiger charge is -2.43. The molecule has 0 bridgehead atoms. The molecule has 0 saturated carbocycles. The molecule has 2 nitrogen and oxygen atoms in total. The summed E-state index contributed by atoms with van der Waals surface area (Å²) in [6.45, 7) is 5.12. The van der Waals surface area contributed by atoms with Gasteiger partial charge < -0.3 is 4.74 Å². The number of ketones is 1. The number of thioether (sulfide) groups is 1. The third-order valence-electron chi connectivity index (χ3n) is 4.15. The Labute approximate surface area is 115 Å². The molecule has 0 aliphatic carbocycles. The zero-order chi connectivity index (χ0) is 13.0. The van der Waals surface area contributed by atoms with E-state index in [9.17, 15) is 4.79 Å². The standard InChI is InChI=1S/C15H26O2S/c1-12(2)9-14(16)10-13-3-6-17-15(11-13)4-7-18-8-5-15/h12-13H,3-11H2,1-2H3. The van der Waals surface area contributed by atoms with E-state index in [0.29, 0.717) is 17.6 Å². The van der Waals surface area contributed by atoms with Gasteiger partial charge in [0.05, 0.1) is 5.60 Å². The first-order chi connectivity index (χ1) is 8.60. The summed E-state index contributed by atoms with van der Waals surface area (Å²) in [5, 5.41) is 0. The van der Waals surface area contributed by atoms with E-state index < -0.39 is 0 Å². The van der Waals surface area contributed by atoms with Crippen LogP contribution in [0.4, 0.5) is 0 Å². The fraction of sp³-hybridized carbons (Fsp3) is 0.933. The van der Waals surface area contributed by atoms with Crippen molar-refractivity contribution in [1.82, 2.24) is 0 Å². The van der Waals surface area contributed by atoms with Crippen molar-refractivity contribution < 1.29 is 9.53 Å². The molecule has 104 valence electrons. The van der Waals surface area contributed by atoms with Crippen LogP contribution in [0.1, 0.15) is 52.4 Å². The molecule has 1 spiro atoms. The minimum Gasteiger partial charge on any atom is -0.375 e. The SMILES string of the molecule is CC(C)CC(=O)CC1CCOC2(CCSCC2)C1. The highest BCUT2D eigenvalue weighted by atomic mass is 32.2. The second-order valence-electron chi connectivity index (χ2n) is 6.34. The minimum absolute atomic E-state index is 0.131. The van der Waals surface area contributed by atoms with E-state index in [1.54, 1.807) is 0 Å². The maximum atomic E-state index is 11.9. The summed E-state index contributed by atoms with van der Waals surface area (Å²) in [6, 6.07) is 0. The van der Waals surface area contributed by atoms with Crippen molar-refractivity contribution in [3.05, 3.63) is 0 Å². The molecule has 0 radical (unpaired) electrons. The number of hydrogen-bond donors (Lipinski definition) is 0. The molecular formula is C15H26O2S. The van der Waals surface area contributed by atoms with Gasteiger partial charge in [-0.3, -0.25) is 4.79 Å². The summed E-state index contributed by atoms with van der Waals surface area (Å²) >= 11 is 2.04. The molecule has 1 atom stereocenters. The molecule has 2 aliphatic heterocycles. The van der Waals surface area contributed by atoms with Crippen LogP contribution in [0.5, 0.6) is 0 Å². The van der Waals surface area contributed by atoms with Crippen molar-refractivity contribution in [2.75, 3.05) is 18.1 Å². The van der Waals surface area contributed by atoms with E-state index in [-0.39, 0.29) is 5.60 Å². The molecule has 0 aromatic heterocycles. The first kappa shape index (κ1) is 14.4. The fourth-order valence-corrected chi connectivity index (χ4v) is 4.49. The van der Waals surface area contributed by atoms with Crippen molar-refractivity contribution >= 4 is 17.5 Å². The van der Waals surface area contributed by atoms with E-state index in [2.05, 4.69) is 13.8 Å². The Kier molecular flexibility index (Phi) is 5.14. The van der Waals surface area contributed by atoms with Crippen LogP contribution in [0.2, 0.25) is 0 Å². The molecule has 2 saturated heterocycles. The maximum absolute atomic E-state index is 11.9. The van der Waals surface area contributed by atoms with Crippen molar-refractivity contribution in [1.29, 1.82) is 0 Å². The van der Waals surface area contributed by atoms with Crippen LogP contribution in [0.3, 0.4) is 0 Å². The van der Waals surface area contributed by atoms with E-state index in [1.165, 1.54) is 24.3 Å². The quantitative estimate of drug-likeness (QED) is 0.779. The van der Waals surface area contributed by atoms with Crippen molar-refractivity contribution in [3.8, 4) is 0 Å². The Morgan fingerprint density at radius 1 is 1.39 bits per heavy atom. The topological polar surface area (TPSA) is 26.3 Å². The summed E-state index contributed by atoms with van der Waals surface area (Å²) in [4.78, 5) is 11.9. The Morgan fingerprint density at radius 3 is 2.78 bits per heavy atom. The molecule has 0 amide bonds. The first-order valence-corrected chi connectivity index (χ1v) is 8.48. The van der Waals surface area contributed by atoms with Crippen molar-refractivity contribution in [3.63, 3.8) is 0 Å². The zero-order valence-electron chi connectivity index (χ0n) is 11.7. The number of Topliss-reactive ketones (excluding diaryl/α,β-unsaturated/α-hetero) is 1. The summed E-state index contributed by atoms with van der Waals surface area (Å²) in [7, 11) is 0. The molecule has 18 heavy (non-hydrogen) atoms.